The SMILES string of the molecule is Cc1n[nH]c(C)c1CCCN(C)CC1CCCOC1. The second kappa shape index (κ2) is 7.06. The third-order valence-electron chi connectivity index (χ3n) is 4.07. The zero-order valence-electron chi connectivity index (χ0n) is 12.5. The maximum atomic E-state index is 5.54. The Kier molecular flexibility index (Phi) is 5.40. The van der Waals surface area contributed by atoms with Gasteiger partial charge in [0.1, 0.15) is 0 Å². The third kappa shape index (κ3) is 4.32. The maximum Gasteiger partial charge on any atom is 0.0625 e. The van der Waals surface area contributed by atoms with Crippen LogP contribution in [0.1, 0.15) is 36.2 Å². The minimum absolute atomic E-state index is 0.733. The molecule has 1 unspecified atom stereocenters. The van der Waals surface area contributed by atoms with Gasteiger partial charge in [-0.1, -0.05) is 0 Å². The summed E-state index contributed by atoms with van der Waals surface area (Å²) >= 11 is 0. The number of aromatic nitrogens is 2. The largest absolute Gasteiger partial charge is 0.381 e. The van der Waals surface area contributed by atoms with Gasteiger partial charge in [0, 0.05) is 18.8 Å². The van der Waals surface area contributed by atoms with Gasteiger partial charge in [0.15, 0.2) is 0 Å². The molecular formula is C15H27N3O. The fourth-order valence-corrected chi connectivity index (χ4v) is 2.95. The smallest absolute Gasteiger partial charge is 0.0625 e. The van der Waals surface area contributed by atoms with E-state index in [1.165, 1.54) is 37.1 Å². The molecule has 0 saturated carbocycles. The Morgan fingerprint density at radius 2 is 2.26 bits per heavy atom. The van der Waals surface area contributed by atoms with Crippen LogP contribution >= 0.6 is 0 Å². The number of hydrogen-bond acceptors (Lipinski definition) is 3. The molecule has 0 aromatic carbocycles. The molecule has 0 spiro atoms. The molecule has 1 N–H and O–H groups in total. The Labute approximate surface area is 116 Å². The molecule has 1 saturated heterocycles. The van der Waals surface area contributed by atoms with Crippen molar-refractivity contribution in [1.29, 1.82) is 0 Å². The van der Waals surface area contributed by atoms with Crippen molar-refractivity contribution < 1.29 is 4.74 Å². The predicted molar refractivity (Wildman–Crippen MR) is 77.4 cm³/mol. The van der Waals surface area contributed by atoms with Crippen molar-refractivity contribution in [3.63, 3.8) is 0 Å². The molecule has 0 bridgehead atoms. The summed E-state index contributed by atoms with van der Waals surface area (Å²) in [5.41, 5.74) is 3.77. The lowest BCUT2D eigenvalue weighted by Crippen LogP contribution is -2.31. The van der Waals surface area contributed by atoms with Crippen molar-refractivity contribution in [2.45, 2.75) is 39.5 Å². The lowest BCUT2D eigenvalue weighted by Gasteiger charge is -2.27. The van der Waals surface area contributed by atoms with Crippen molar-refractivity contribution in [3.05, 3.63) is 17.0 Å². The van der Waals surface area contributed by atoms with E-state index in [-0.39, 0.29) is 0 Å². The van der Waals surface area contributed by atoms with Gasteiger partial charge < -0.3 is 9.64 Å². The van der Waals surface area contributed by atoms with E-state index in [0.717, 1.165) is 37.8 Å². The van der Waals surface area contributed by atoms with Crippen LogP contribution in [0.2, 0.25) is 0 Å². The summed E-state index contributed by atoms with van der Waals surface area (Å²) in [6.45, 7) is 8.42. The van der Waals surface area contributed by atoms with E-state index in [1.54, 1.807) is 0 Å². The average Bonchev–Trinajstić information content (AvgIpc) is 2.71. The highest BCUT2D eigenvalue weighted by Gasteiger charge is 2.15. The monoisotopic (exact) mass is 265 g/mol. The highest BCUT2D eigenvalue weighted by atomic mass is 16.5. The van der Waals surface area contributed by atoms with E-state index in [4.69, 9.17) is 4.74 Å². The molecular weight excluding hydrogens is 238 g/mol. The van der Waals surface area contributed by atoms with E-state index in [1.807, 2.05) is 0 Å². The van der Waals surface area contributed by atoms with Crippen LogP contribution in [0.5, 0.6) is 0 Å². The number of H-pyrrole nitrogens is 1. The van der Waals surface area contributed by atoms with Gasteiger partial charge in [0.2, 0.25) is 0 Å². The summed E-state index contributed by atoms with van der Waals surface area (Å²) < 4.78 is 5.54. The quantitative estimate of drug-likeness (QED) is 0.858. The summed E-state index contributed by atoms with van der Waals surface area (Å²) in [4.78, 5) is 2.45. The minimum atomic E-state index is 0.733. The summed E-state index contributed by atoms with van der Waals surface area (Å²) in [5.74, 6) is 0.733. The van der Waals surface area contributed by atoms with Crippen LogP contribution in [0.25, 0.3) is 0 Å². The number of ether oxygens (including phenoxy) is 1. The van der Waals surface area contributed by atoms with E-state index in [2.05, 4.69) is 36.0 Å². The molecule has 1 fully saturated rings. The molecule has 19 heavy (non-hydrogen) atoms. The summed E-state index contributed by atoms with van der Waals surface area (Å²) in [6, 6.07) is 0. The van der Waals surface area contributed by atoms with Crippen molar-refractivity contribution >= 4 is 0 Å². The highest BCUT2D eigenvalue weighted by molar-refractivity contribution is 5.23. The van der Waals surface area contributed by atoms with Crippen molar-refractivity contribution in [3.8, 4) is 0 Å². The highest BCUT2D eigenvalue weighted by Crippen LogP contribution is 2.15. The number of hydrogen-bond donors (Lipinski definition) is 1. The lowest BCUT2D eigenvalue weighted by molar-refractivity contribution is 0.0420. The van der Waals surface area contributed by atoms with Gasteiger partial charge in [-0.15, -0.1) is 0 Å². The average molecular weight is 265 g/mol. The van der Waals surface area contributed by atoms with Crippen LogP contribution in [0.15, 0.2) is 0 Å². The third-order valence-corrected chi connectivity index (χ3v) is 4.07. The fourth-order valence-electron chi connectivity index (χ4n) is 2.95. The van der Waals surface area contributed by atoms with Gasteiger partial charge in [-0.2, -0.15) is 5.10 Å². The molecule has 0 radical (unpaired) electrons. The zero-order valence-corrected chi connectivity index (χ0v) is 12.5. The first-order chi connectivity index (χ1) is 9.16. The number of rotatable bonds is 6. The summed E-state index contributed by atoms with van der Waals surface area (Å²) in [6.07, 6.45) is 4.88. The van der Waals surface area contributed by atoms with Crippen LogP contribution in [-0.2, 0) is 11.2 Å². The number of aryl methyl sites for hydroxylation is 2. The Bertz CT molecular complexity index is 363. The Balaban J connectivity index is 1.67. The van der Waals surface area contributed by atoms with Gasteiger partial charge in [0.25, 0.3) is 0 Å². The Hall–Kier alpha value is -0.870. The fraction of sp³-hybridized carbons (Fsp3) is 0.800. The van der Waals surface area contributed by atoms with Gasteiger partial charge in [-0.3, -0.25) is 5.10 Å². The molecule has 0 amide bonds. The molecule has 1 aliphatic rings. The van der Waals surface area contributed by atoms with E-state index in [0.29, 0.717) is 0 Å². The van der Waals surface area contributed by atoms with Crippen LogP contribution in [-0.4, -0.2) is 48.4 Å². The van der Waals surface area contributed by atoms with Crippen LogP contribution < -0.4 is 0 Å². The van der Waals surface area contributed by atoms with Crippen molar-refractivity contribution in [1.82, 2.24) is 15.1 Å². The molecule has 1 aliphatic heterocycles. The molecule has 2 heterocycles. The van der Waals surface area contributed by atoms with E-state index in [9.17, 15) is 0 Å². The normalized spacial score (nSPS) is 20.1. The van der Waals surface area contributed by atoms with Crippen LogP contribution in [0.4, 0.5) is 0 Å². The zero-order chi connectivity index (χ0) is 13.7. The predicted octanol–water partition coefficient (Wildman–Crippen LogP) is 2.32. The molecule has 1 aromatic heterocycles. The number of nitrogens with zero attached hydrogens (tertiary/aromatic N) is 2. The van der Waals surface area contributed by atoms with Gasteiger partial charge in [0.05, 0.1) is 12.3 Å². The maximum absolute atomic E-state index is 5.54. The first-order valence-corrected chi connectivity index (χ1v) is 7.43. The van der Waals surface area contributed by atoms with Crippen LogP contribution in [0.3, 0.4) is 0 Å². The van der Waals surface area contributed by atoms with Crippen molar-refractivity contribution in [2.75, 3.05) is 33.4 Å². The standard InChI is InChI=1S/C15H27N3O/c1-12-15(13(2)17-16-12)7-4-8-18(3)10-14-6-5-9-19-11-14/h14H,4-11H2,1-3H3,(H,16,17). The topological polar surface area (TPSA) is 41.2 Å². The molecule has 0 aliphatic carbocycles. The van der Waals surface area contributed by atoms with Gasteiger partial charge >= 0.3 is 0 Å². The number of aromatic amines is 1. The Morgan fingerprint density at radius 3 is 2.89 bits per heavy atom. The Morgan fingerprint density at radius 1 is 1.42 bits per heavy atom. The van der Waals surface area contributed by atoms with Crippen LogP contribution in [0, 0.1) is 19.8 Å². The number of nitrogens with one attached hydrogen (secondary N) is 1. The molecule has 1 aromatic rings. The summed E-state index contributed by atoms with van der Waals surface area (Å²) in [7, 11) is 2.23. The van der Waals surface area contributed by atoms with Crippen molar-refractivity contribution in [2.24, 2.45) is 5.92 Å². The van der Waals surface area contributed by atoms with Gasteiger partial charge in [-0.05, 0) is 64.6 Å². The minimum Gasteiger partial charge on any atom is -0.381 e. The molecule has 4 nitrogen and oxygen atoms in total. The molecule has 2 rings (SSSR count). The first kappa shape index (κ1) is 14.5. The van der Waals surface area contributed by atoms with Gasteiger partial charge in [-0.25, -0.2) is 0 Å². The lowest BCUT2D eigenvalue weighted by atomic mass is 10.0. The van der Waals surface area contributed by atoms with E-state index < -0.39 is 0 Å². The molecule has 1 atom stereocenters. The summed E-state index contributed by atoms with van der Waals surface area (Å²) in [5, 5.41) is 7.31. The molecule has 4 heteroatoms. The second-order valence-corrected chi connectivity index (χ2v) is 5.86. The van der Waals surface area contributed by atoms with E-state index >= 15 is 0 Å². The first-order valence-electron chi connectivity index (χ1n) is 7.43. The molecule has 108 valence electrons. The second-order valence-electron chi connectivity index (χ2n) is 5.86.